The van der Waals surface area contributed by atoms with Crippen molar-refractivity contribution in [3.05, 3.63) is 58.5 Å². The first-order valence-corrected chi connectivity index (χ1v) is 12.3. The standard InChI is InChI=1S/C22H26F2N2O6S/c1-22(33(2,29)30,21(28)25-32-20-9-5-6-12-31-20)10-11-26-14-18(24)16(13-19(26)27)15-7-3-4-8-17(15)23/h3-4,7-8,13-14,20H,5-6,9-12H2,1-2H3,(H,25,28)/t20?,22-/m1/s1. The van der Waals surface area contributed by atoms with E-state index >= 15 is 0 Å². The highest BCUT2D eigenvalue weighted by Gasteiger charge is 2.44. The van der Waals surface area contributed by atoms with Gasteiger partial charge in [-0.2, -0.15) is 0 Å². The van der Waals surface area contributed by atoms with Gasteiger partial charge in [0.15, 0.2) is 20.9 Å². The molecule has 180 valence electrons. The Morgan fingerprint density at radius 1 is 1.24 bits per heavy atom. The summed E-state index contributed by atoms with van der Waals surface area (Å²) in [5, 5.41) is 0. The summed E-state index contributed by atoms with van der Waals surface area (Å²) >= 11 is 0. The van der Waals surface area contributed by atoms with Gasteiger partial charge in [0.2, 0.25) is 0 Å². The zero-order chi connectivity index (χ0) is 24.2. The number of aryl methyl sites for hydroxylation is 1. The number of ether oxygens (including phenoxy) is 1. The van der Waals surface area contributed by atoms with Crippen LogP contribution in [0.25, 0.3) is 11.1 Å². The molecule has 1 fully saturated rings. The average molecular weight is 485 g/mol. The Balaban J connectivity index is 1.78. The van der Waals surface area contributed by atoms with E-state index in [-0.39, 0.29) is 24.1 Å². The predicted octanol–water partition coefficient (Wildman–Crippen LogP) is 2.56. The third-order valence-electron chi connectivity index (χ3n) is 5.79. The molecule has 1 aliphatic rings. The van der Waals surface area contributed by atoms with Gasteiger partial charge in [-0.3, -0.25) is 9.59 Å². The lowest BCUT2D eigenvalue weighted by Crippen LogP contribution is -2.51. The van der Waals surface area contributed by atoms with Gasteiger partial charge in [-0.15, -0.1) is 0 Å². The maximum atomic E-state index is 14.7. The number of nitrogens with zero attached hydrogens (tertiary/aromatic N) is 1. The maximum absolute atomic E-state index is 14.7. The number of carbonyl (C=O) groups is 1. The fourth-order valence-electron chi connectivity index (χ4n) is 3.44. The Morgan fingerprint density at radius 3 is 2.61 bits per heavy atom. The van der Waals surface area contributed by atoms with E-state index in [2.05, 4.69) is 5.48 Å². The summed E-state index contributed by atoms with van der Waals surface area (Å²) in [5.74, 6) is -2.46. The molecule has 0 saturated carbocycles. The zero-order valence-corrected chi connectivity index (χ0v) is 19.2. The molecule has 2 atom stereocenters. The van der Waals surface area contributed by atoms with Crippen molar-refractivity contribution >= 4 is 15.7 Å². The van der Waals surface area contributed by atoms with E-state index < -0.39 is 44.0 Å². The molecule has 1 amide bonds. The minimum absolute atomic E-state index is 0.0679. The van der Waals surface area contributed by atoms with Gasteiger partial charge in [-0.05, 0) is 32.3 Å². The summed E-state index contributed by atoms with van der Waals surface area (Å²) < 4.78 is 57.9. The molecule has 1 aromatic carbocycles. The summed E-state index contributed by atoms with van der Waals surface area (Å²) in [6, 6.07) is 6.39. The van der Waals surface area contributed by atoms with E-state index in [0.29, 0.717) is 13.0 Å². The number of aromatic nitrogens is 1. The molecule has 2 heterocycles. The van der Waals surface area contributed by atoms with Gasteiger partial charge in [0.25, 0.3) is 11.5 Å². The lowest BCUT2D eigenvalue weighted by atomic mass is 10.0. The van der Waals surface area contributed by atoms with Gasteiger partial charge in [-0.25, -0.2) is 27.5 Å². The number of hydroxylamine groups is 1. The van der Waals surface area contributed by atoms with Gasteiger partial charge >= 0.3 is 0 Å². The number of hydrogen-bond acceptors (Lipinski definition) is 6. The monoisotopic (exact) mass is 484 g/mol. The summed E-state index contributed by atoms with van der Waals surface area (Å²) in [5.41, 5.74) is 1.21. The normalized spacial score (nSPS) is 18.5. The summed E-state index contributed by atoms with van der Waals surface area (Å²) in [6.45, 7) is 1.41. The molecule has 1 unspecified atom stereocenters. The number of carbonyl (C=O) groups excluding carboxylic acids is 1. The molecule has 1 aliphatic heterocycles. The average Bonchev–Trinajstić information content (AvgIpc) is 2.78. The third-order valence-corrected chi connectivity index (χ3v) is 7.82. The molecule has 0 bridgehead atoms. The molecular formula is C22H26F2N2O6S. The van der Waals surface area contributed by atoms with Crippen LogP contribution in [0.1, 0.15) is 32.6 Å². The van der Waals surface area contributed by atoms with Gasteiger partial charge in [-0.1, -0.05) is 18.2 Å². The molecular weight excluding hydrogens is 458 g/mol. The highest BCUT2D eigenvalue weighted by molar-refractivity contribution is 7.92. The Bertz CT molecular complexity index is 1180. The number of halogens is 2. The summed E-state index contributed by atoms with van der Waals surface area (Å²) in [7, 11) is -3.96. The second-order valence-electron chi connectivity index (χ2n) is 8.14. The van der Waals surface area contributed by atoms with Crippen LogP contribution in [0.3, 0.4) is 0 Å². The van der Waals surface area contributed by atoms with Crippen molar-refractivity contribution in [1.82, 2.24) is 10.0 Å². The molecule has 1 N–H and O–H groups in total. The Kier molecular flexibility index (Phi) is 7.65. The van der Waals surface area contributed by atoms with Crippen molar-refractivity contribution in [2.45, 2.75) is 50.2 Å². The summed E-state index contributed by atoms with van der Waals surface area (Å²) in [4.78, 5) is 30.5. The Morgan fingerprint density at radius 2 is 1.97 bits per heavy atom. The van der Waals surface area contributed by atoms with E-state index in [9.17, 15) is 26.8 Å². The molecule has 0 aliphatic carbocycles. The molecule has 2 aromatic rings. The van der Waals surface area contributed by atoms with Crippen molar-refractivity contribution in [3.8, 4) is 11.1 Å². The van der Waals surface area contributed by atoms with Crippen LogP contribution >= 0.6 is 0 Å². The predicted molar refractivity (Wildman–Crippen MR) is 117 cm³/mol. The largest absolute Gasteiger partial charge is 0.350 e. The highest BCUT2D eigenvalue weighted by Crippen LogP contribution is 2.26. The van der Waals surface area contributed by atoms with Crippen molar-refractivity contribution in [3.63, 3.8) is 0 Å². The first-order chi connectivity index (χ1) is 15.5. The minimum atomic E-state index is -3.96. The summed E-state index contributed by atoms with van der Waals surface area (Å²) in [6.07, 6.45) is 3.04. The molecule has 0 spiro atoms. The van der Waals surface area contributed by atoms with Crippen LogP contribution in [-0.2, 0) is 30.8 Å². The quantitative estimate of drug-likeness (QED) is 0.578. The van der Waals surface area contributed by atoms with E-state index in [0.717, 1.165) is 42.0 Å². The number of hydrogen-bond donors (Lipinski definition) is 1. The second kappa shape index (κ2) is 10.1. The Hall–Kier alpha value is -2.63. The van der Waals surface area contributed by atoms with Crippen LogP contribution in [0.2, 0.25) is 0 Å². The van der Waals surface area contributed by atoms with Crippen molar-refractivity contribution in [2.24, 2.45) is 0 Å². The number of sulfone groups is 1. The van der Waals surface area contributed by atoms with Crippen molar-refractivity contribution in [2.75, 3.05) is 12.9 Å². The fraction of sp³-hybridized carbons (Fsp3) is 0.455. The van der Waals surface area contributed by atoms with Gasteiger partial charge in [0, 0.05) is 49.2 Å². The minimum Gasteiger partial charge on any atom is -0.350 e. The van der Waals surface area contributed by atoms with Gasteiger partial charge < -0.3 is 9.30 Å². The molecule has 33 heavy (non-hydrogen) atoms. The zero-order valence-electron chi connectivity index (χ0n) is 18.3. The number of rotatable bonds is 8. The van der Waals surface area contributed by atoms with Crippen LogP contribution in [-0.4, -0.2) is 42.8 Å². The fourth-order valence-corrected chi connectivity index (χ4v) is 4.28. The number of pyridine rings is 1. The van der Waals surface area contributed by atoms with Crippen LogP contribution < -0.4 is 11.0 Å². The molecule has 0 radical (unpaired) electrons. The van der Waals surface area contributed by atoms with Gasteiger partial charge in [0.1, 0.15) is 11.6 Å². The van der Waals surface area contributed by atoms with Crippen LogP contribution in [0.15, 0.2) is 41.3 Å². The van der Waals surface area contributed by atoms with Crippen molar-refractivity contribution in [1.29, 1.82) is 0 Å². The second-order valence-corrected chi connectivity index (χ2v) is 10.6. The lowest BCUT2D eigenvalue weighted by molar-refractivity contribution is -0.201. The molecule has 1 saturated heterocycles. The van der Waals surface area contributed by atoms with E-state index in [1.165, 1.54) is 25.1 Å². The number of benzene rings is 1. The van der Waals surface area contributed by atoms with Crippen LogP contribution in [0, 0.1) is 11.6 Å². The van der Waals surface area contributed by atoms with E-state index in [1.807, 2.05) is 0 Å². The van der Waals surface area contributed by atoms with Crippen LogP contribution in [0.4, 0.5) is 8.78 Å². The van der Waals surface area contributed by atoms with E-state index in [1.54, 1.807) is 0 Å². The number of amides is 1. The highest BCUT2D eigenvalue weighted by atomic mass is 32.2. The lowest BCUT2D eigenvalue weighted by Gasteiger charge is -2.28. The molecule has 11 heteroatoms. The first-order valence-electron chi connectivity index (χ1n) is 10.4. The first kappa shape index (κ1) is 25.0. The van der Waals surface area contributed by atoms with E-state index in [4.69, 9.17) is 9.57 Å². The molecule has 8 nitrogen and oxygen atoms in total. The van der Waals surface area contributed by atoms with Gasteiger partial charge in [0.05, 0.1) is 0 Å². The Labute approximate surface area is 190 Å². The smallest absolute Gasteiger partial charge is 0.264 e. The van der Waals surface area contributed by atoms with Crippen LogP contribution in [0.5, 0.6) is 0 Å². The molecule has 3 rings (SSSR count). The van der Waals surface area contributed by atoms with Crippen molar-refractivity contribution < 1.29 is 31.6 Å². The topological polar surface area (TPSA) is 104 Å². The third kappa shape index (κ3) is 5.66. The number of nitrogens with one attached hydrogen (secondary N) is 1. The maximum Gasteiger partial charge on any atom is 0.264 e. The molecule has 1 aromatic heterocycles. The SMILES string of the molecule is C[C@@](CCn1cc(F)c(-c2ccccc2F)cc1=O)(C(=O)NOC1CCCCO1)S(C)(=O)=O.